The maximum Gasteiger partial charge on any atom is 0.225 e. The van der Waals surface area contributed by atoms with Crippen LogP contribution in [-0.4, -0.2) is 12.5 Å². The number of rotatable bonds is 5. The molecule has 1 amide bonds. The van der Waals surface area contributed by atoms with Crippen LogP contribution in [0.5, 0.6) is 0 Å². The second-order valence-corrected chi connectivity index (χ2v) is 7.00. The van der Waals surface area contributed by atoms with Crippen LogP contribution in [0.3, 0.4) is 0 Å². The largest absolute Gasteiger partial charge is 0.355 e. The van der Waals surface area contributed by atoms with Crippen molar-refractivity contribution in [2.75, 3.05) is 6.54 Å². The summed E-state index contributed by atoms with van der Waals surface area (Å²) < 4.78 is 0. The number of nitrogens with one attached hydrogen (secondary N) is 1. The fourth-order valence-electron chi connectivity index (χ4n) is 2.62. The molecule has 1 aromatic carbocycles. The van der Waals surface area contributed by atoms with Gasteiger partial charge in [0, 0.05) is 22.4 Å². The van der Waals surface area contributed by atoms with E-state index in [0.717, 1.165) is 30.8 Å². The summed E-state index contributed by atoms with van der Waals surface area (Å²) in [7, 11) is 0. The van der Waals surface area contributed by atoms with E-state index in [1.807, 2.05) is 26.0 Å². The van der Waals surface area contributed by atoms with Gasteiger partial charge in [0.05, 0.1) is 0 Å². The molecule has 0 bridgehead atoms. The molecule has 1 aliphatic rings. The Morgan fingerprint density at radius 2 is 1.90 bits per heavy atom. The fourth-order valence-corrected chi connectivity index (χ4v) is 2.75. The second-order valence-electron chi connectivity index (χ2n) is 6.56. The minimum Gasteiger partial charge on any atom is -0.355 e. The van der Waals surface area contributed by atoms with Gasteiger partial charge in [0.15, 0.2) is 0 Å². The molecule has 0 aliphatic heterocycles. The number of benzene rings is 1. The normalized spacial score (nSPS) is 17.4. The maximum atomic E-state index is 12.2. The van der Waals surface area contributed by atoms with Crippen LogP contribution in [0.2, 0.25) is 5.02 Å². The van der Waals surface area contributed by atoms with Gasteiger partial charge in [-0.2, -0.15) is 0 Å². The summed E-state index contributed by atoms with van der Waals surface area (Å²) in [4.78, 5) is 12.2. The lowest BCUT2D eigenvalue weighted by Gasteiger charge is -2.43. The van der Waals surface area contributed by atoms with Gasteiger partial charge in [-0.1, -0.05) is 50.9 Å². The molecule has 1 N–H and O–H groups in total. The summed E-state index contributed by atoms with van der Waals surface area (Å²) in [6.07, 6.45) is 4.37. The smallest absolute Gasteiger partial charge is 0.225 e. The fraction of sp³-hybridized carbons (Fsp3) is 0.588. The van der Waals surface area contributed by atoms with Crippen LogP contribution in [0.1, 0.15) is 52.0 Å². The van der Waals surface area contributed by atoms with Crippen LogP contribution < -0.4 is 5.32 Å². The minimum absolute atomic E-state index is 0.115. The molecular weight excluding hydrogens is 270 g/mol. The third-order valence-electron chi connectivity index (χ3n) is 4.85. The second kappa shape index (κ2) is 5.77. The molecule has 0 unspecified atom stereocenters. The van der Waals surface area contributed by atoms with Crippen LogP contribution in [0, 0.1) is 5.41 Å². The minimum atomic E-state index is -0.287. The van der Waals surface area contributed by atoms with Crippen molar-refractivity contribution >= 4 is 17.5 Å². The van der Waals surface area contributed by atoms with Gasteiger partial charge in [0.25, 0.3) is 0 Å². The molecule has 0 atom stereocenters. The molecule has 0 heterocycles. The van der Waals surface area contributed by atoms with E-state index in [4.69, 9.17) is 11.6 Å². The van der Waals surface area contributed by atoms with Gasteiger partial charge < -0.3 is 5.32 Å². The molecule has 2 rings (SSSR count). The maximum absolute atomic E-state index is 12.2. The van der Waals surface area contributed by atoms with Crippen molar-refractivity contribution < 1.29 is 4.79 Å². The van der Waals surface area contributed by atoms with Crippen molar-refractivity contribution in [1.29, 1.82) is 0 Å². The van der Waals surface area contributed by atoms with E-state index in [2.05, 4.69) is 24.4 Å². The molecule has 1 fully saturated rings. The van der Waals surface area contributed by atoms with Gasteiger partial charge in [-0.15, -0.1) is 0 Å². The molecule has 3 heteroatoms. The number of halogens is 1. The first kappa shape index (κ1) is 15.4. The van der Waals surface area contributed by atoms with Crippen molar-refractivity contribution in [3.05, 3.63) is 34.9 Å². The van der Waals surface area contributed by atoms with Crippen LogP contribution in [0.15, 0.2) is 24.3 Å². The molecule has 1 saturated carbocycles. The number of hydrogen-bond donors (Lipinski definition) is 1. The molecule has 1 aromatic rings. The molecule has 2 nitrogen and oxygen atoms in total. The van der Waals surface area contributed by atoms with Crippen molar-refractivity contribution in [1.82, 2.24) is 5.32 Å². The summed E-state index contributed by atoms with van der Waals surface area (Å²) >= 11 is 5.96. The number of carbonyl (C=O) groups excluding carboxylic acids is 1. The van der Waals surface area contributed by atoms with Crippen molar-refractivity contribution in [3.8, 4) is 0 Å². The van der Waals surface area contributed by atoms with Crippen molar-refractivity contribution in [3.63, 3.8) is 0 Å². The summed E-state index contributed by atoms with van der Waals surface area (Å²) in [5.74, 6) is 0.153. The average molecular weight is 294 g/mol. The van der Waals surface area contributed by atoms with Gasteiger partial charge in [-0.05, 0) is 37.0 Å². The molecule has 0 radical (unpaired) electrons. The van der Waals surface area contributed by atoms with Gasteiger partial charge in [0.2, 0.25) is 5.91 Å². The first-order chi connectivity index (χ1) is 9.39. The third-order valence-corrected chi connectivity index (χ3v) is 5.11. The first-order valence-electron chi connectivity index (χ1n) is 7.44. The highest BCUT2D eigenvalue weighted by atomic mass is 35.5. The zero-order valence-electron chi connectivity index (χ0n) is 12.6. The van der Waals surface area contributed by atoms with E-state index in [9.17, 15) is 4.79 Å². The number of carbonyl (C=O) groups is 1. The van der Waals surface area contributed by atoms with Gasteiger partial charge in [0.1, 0.15) is 0 Å². The SMILES string of the molecule is CCC(C)(C)C(=O)NCC1(c2ccc(Cl)cc2)CCC1. The summed E-state index contributed by atoms with van der Waals surface area (Å²) in [6, 6.07) is 8.07. The highest BCUT2D eigenvalue weighted by Crippen LogP contribution is 2.43. The number of amides is 1. The van der Waals surface area contributed by atoms with Crippen molar-refractivity contribution in [2.24, 2.45) is 5.41 Å². The van der Waals surface area contributed by atoms with E-state index < -0.39 is 0 Å². The van der Waals surface area contributed by atoms with Gasteiger partial charge >= 0.3 is 0 Å². The van der Waals surface area contributed by atoms with E-state index in [-0.39, 0.29) is 16.7 Å². The molecule has 110 valence electrons. The lowest BCUT2D eigenvalue weighted by molar-refractivity contribution is -0.130. The Kier molecular flexibility index (Phi) is 4.43. The zero-order chi connectivity index (χ0) is 14.8. The molecular formula is C17H24ClNO. The Labute approximate surface area is 126 Å². The Bertz CT molecular complexity index is 474. The van der Waals surface area contributed by atoms with Gasteiger partial charge in [-0.25, -0.2) is 0 Å². The van der Waals surface area contributed by atoms with Crippen LogP contribution in [0.4, 0.5) is 0 Å². The topological polar surface area (TPSA) is 29.1 Å². The van der Waals surface area contributed by atoms with E-state index >= 15 is 0 Å². The lowest BCUT2D eigenvalue weighted by atomic mass is 9.64. The zero-order valence-corrected chi connectivity index (χ0v) is 13.4. The molecule has 20 heavy (non-hydrogen) atoms. The molecule has 0 spiro atoms. The van der Waals surface area contributed by atoms with Crippen LogP contribution >= 0.6 is 11.6 Å². The van der Waals surface area contributed by atoms with E-state index in [1.54, 1.807) is 0 Å². The first-order valence-corrected chi connectivity index (χ1v) is 7.82. The summed E-state index contributed by atoms with van der Waals surface area (Å²) in [5.41, 5.74) is 1.12. The highest BCUT2D eigenvalue weighted by Gasteiger charge is 2.39. The summed E-state index contributed by atoms with van der Waals surface area (Å²) in [6.45, 7) is 6.78. The van der Waals surface area contributed by atoms with Crippen LogP contribution in [-0.2, 0) is 10.2 Å². The predicted molar refractivity (Wildman–Crippen MR) is 84.1 cm³/mol. The Morgan fingerprint density at radius 3 is 2.35 bits per heavy atom. The lowest BCUT2D eigenvalue weighted by Crippen LogP contribution is -2.48. The Balaban J connectivity index is 2.06. The third kappa shape index (κ3) is 3.01. The standard InChI is InChI=1S/C17H24ClNO/c1-4-16(2,3)15(20)19-12-17(10-5-11-17)13-6-8-14(18)9-7-13/h6-9H,4-5,10-12H2,1-3H3,(H,19,20). The van der Waals surface area contributed by atoms with E-state index in [1.165, 1.54) is 12.0 Å². The van der Waals surface area contributed by atoms with Gasteiger partial charge in [-0.3, -0.25) is 4.79 Å². The molecule has 0 saturated heterocycles. The highest BCUT2D eigenvalue weighted by molar-refractivity contribution is 6.30. The quantitative estimate of drug-likeness (QED) is 0.861. The molecule has 1 aliphatic carbocycles. The van der Waals surface area contributed by atoms with E-state index in [0.29, 0.717) is 0 Å². The van der Waals surface area contributed by atoms with Crippen molar-refractivity contribution in [2.45, 2.75) is 51.9 Å². The monoisotopic (exact) mass is 293 g/mol. The Hall–Kier alpha value is -1.02. The predicted octanol–water partition coefficient (Wildman–Crippen LogP) is 4.31. The van der Waals surface area contributed by atoms with Crippen LogP contribution in [0.25, 0.3) is 0 Å². The Morgan fingerprint density at radius 1 is 1.30 bits per heavy atom. The summed E-state index contributed by atoms with van der Waals surface area (Å²) in [5, 5.41) is 3.92. The number of hydrogen-bond acceptors (Lipinski definition) is 1. The molecule has 0 aromatic heterocycles. The average Bonchev–Trinajstić information content (AvgIpc) is 2.39.